The number of aromatic nitrogens is 5. The molecule has 0 saturated heterocycles. The van der Waals surface area contributed by atoms with E-state index in [2.05, 4.69) is 21.2 Å². The van der Waals surface area contributed by atoms with Gasteiger partial charge >= 0.3 is 0 Å². The van der Waals surface area contributed by atoms with E-state index in [-0.39, 0.29) is 0 Å². The first kappa shape index (κ1) is 17.6. The first-order valence-electron chi connectivity index (χ1n) is 9.03. The van der Waals surface area contributed by atoms with Crippen molar-refractivity contribution >= 4 is 27.2 Å². The number of nitrogens with zero attached hydrogens (tertiary/aromatic N) is 5. The highest BCUT2D eigenvalue weighted by atomic mass is 32.1. The van der Waals surface area contributed by atoms with Gasteiger partial charge in [-0.15, -0.1) is 10.2 Å². The second-order valence-corrected chi connectivity index (χ2v) is 7.42. The first-order chi connectivity index (χ1) is 14.3. The molecule has 0 atom stereocenters. The molecule has 3 heterocycles. The lowest BCUT2D eigenvalue weighted by Crippen LogP contribution is -1.99. The van der Waals surface area contributed by atoms with Crippen molar-refractivity contribution in [1.82, 2.24) is 24.8 Å². The summed E-state index contributed by atoms with van der Waals surface area (Å²) in [6, 6.07) is 15.9. The van der Waals surface area contributed by atoms with E-state index in [1.807, 2.05) is 53.2 Å². The molecule has 0 radical (unpaired) electrons. The van der Waals surface area contributed by atoms with Gasteiger partial charge in [0.05, 0.1) is 19.7 Å². The summed E-state index contributed by atoms with van der Waals surface area (Å²) in [6.07, 6.45) is 2.40. The van der Waals surface area contributed by atoms with Gasteiger partial charge in [0.15, 0.2) is 17.3 Å². The topological polar surface area (TPSA) is 74.4 Å². The second kappa shape index (κ2) is 7.14. The summed E-state index contributed by atoms with van der Waals surface area (Å²) < 4.78 is 12.5. The molecule has 5 rings (SSSR count). The van der Waals surface area contributed by atoms with E-state index in [0.29, 0.717) is 17.9 Å². The maximum Gasteiger partial charge on any atom is 0.234 e. The molecule has 3 aromatic heterocycles. The molecule has 0 aliphatic heterocycles. The lowest BCUT2D eigenvalue weighted by molar-refractivity contribution is 0.354. The molecule has 144 valence electrons. The number of pyridine rings is 1. The fraction of sp³-hybridized carbons (Fsp3) is 0.143. The molecule has 5 aromatic rings. The van der Waals surface area contributed by atoms with E-state index in [4.69, 9.17) is 14.6 Å². The summed E-state index contributed by atoms with van der Waals surface area (Å²) >= 11 is 1.52. The zero-order chi connectivity index (χ0) is 19.8. The summed E-state index contributed by atoms with van der Waals surface area (Å²) in [5, 5.41) is 15.4. The average Bonchev–Trinajstić information content (AvgIpc) is 3.35. The van der Waals surface area contributed by atoms with Crippen LogP contribution in [0.4, 0.5) is 0 Å². The standard InChI is InChI=1S/C21H17N5O2S/c1-27-17-8-7-13(11-18(17)28-2)12-19-23-24-21-26(19)25-20(29-21)15-9-10-22-16-6-4-3-5-14(15)16/h3-11H,12H2,1-2H3. The quantitative estimate of drug-likeness (QED) is 0.441. The molecule has 29 heavy (non-hydrogen) atoms. The Morgan fingerprint density at radius 1 is 0.966 bits per heavy atom. The number of hydrogen-bond acceptors (Lipinski definition) is 7. The van der Waals surface area contributed by atoms with Gasteiger partial charge in [-0.05, 0) is 29.8 Å². The SMILES string of the molecule is COc1ccc(Cc2nnc3sc(-c4ccnc5ccccc45)nn23)cc1OC. The zero-order valence-corrected chi connectivity index (χ0v) is 16.7. The van der Waals surface area contributed by atoms with Crippen molar-refractivity contribution in [3.8, 4) is 22.1 Å². The molecule has 2 aromatic carbocycles. The van der Waals surface area contributed by atoms with Crippen LogP contribution < -0.4 is 9.47 Å². The lowest BCUT2D eigenvalue weighted by atomic mass is 10.1. The van der Waals surface area contributed by atoms with Crippen molar-refractivity contribution in [2.75, 3.05) is 14.2 Å². The van der Waals surface area contributed by atoms with E-state index in [9.17, 15) is 0 Å². The molecule has 0 aliphatic rings. The summed E-state index contributed by atoms with van der Waals surface area (Å²) in [5.74, 6) is 2.16. The lowest BCUT2D eigenvalue weighted by Gasteiger charge is -2.08. The van der Waals surface area contributed by atoms with Gasteiger partial charge in [0.25, 0.3) is 0 Å². The van der Waals surface area contributed by atoms with Crippen LogP contribution in [0.25, 0.3) is 26.4 Å². The van der Waals surface area contributed by atoms with Crippen molar-refractivity contribution in [2.45, 2.75) is 6.42 Å². The zero-order valence-electron chi connectivity index (χ0n) is 15.9. The Balaban J connectivity index is 1.54. The monoisotopic (exact) mass is 403 g/mol. The Bertz CT molecular complexity index is 1320. The highest BCUT2D eigenvalue weighted by Crippen LogP contribution is 2.32. The fourth-order valence-electron chi connectivity index (χ4n) is 3.33. The molecular formula is C21H17N5O2S. The molecule has 7 nitrogen and oxygen atoms in total. The van der Waals surface area contributed by atoms with E-state index in [1.54, 1.807) is 14.2 Å². The van der Waals surface area contributed by atoms with Crippen molar-refractivity contribution in [3.63, 3.8) is 0 Å². The third kappa shape index (κ3) is 3.07. The van der Waals surface area contributed by atoms with Crippen LogP contribution in [0, 0.1) is 0 Å². The second-order valence-electron chi connectivity index (χ2n) is 6.46. The average molecular weight is 403 g/mol. The Labute approximate surface area is 170 Å². The van der Waals surface area contributed by atoms with Gasteiger partial charge < -0.3 is 9.47 Å². The van der Waals surface area contributed by atoms with E-state index in [0.717, 1.165) is 37.8 Å². The molecule has 0 amide bonds. The van der Waals surface area contributed by atoms with Crippen LogP contribution in [0.2, 0.25) is 0 Å². The minimum Gasteiger partial charge on any atom is -0.493 e. The van der Waals surface area contributed by atoms with Crippen molar-refractivity contribution < 1.29 is 9.47 Å². The summed E-state index contributed by atoms with van der Waals surface area (Å²) in [7, 11) is 3.25. The van der Waals surface area contributed by atoms with E-state index >= 15 is 0 Å². The van der Waals surface area contributed by atoms with Crippen LogP contribution in [0.5, 0.6) is 11.5 Å². The third-order valence-corrected chi connectivity index (χ3v) is 5.68. The van der Waals surface area contributed by atoms with Gasteiger partial charge in [-0.25, -0.2) is 0 Å². The van der Waals surface area contributed by atoms with Crippen LogP contribution in [0.3, 0.4) is 0 Å². The predicted molar refractivity (Wildman–Crippen MR) is 112 cm³/mol. The Morgan fingerprint density at radius 2 is 1.83 bits per heavy atom. The smallest absolute Gasteiger partial charge is 0.234 e. The number of rotatable bonds is 5. The molecular weight excluding hydrogens is 386 g/mol. The maximum atomic E-state index is 5.40. The largest absolute Gasteiger partial charge is 0.493 e. The summed E-state index contributed by atoms with van der Waals surface area (Å²) in [4.78, 5) is 5.19. The number of benzene rings is 2. The van der Waals surface area contributed by atoms with Gasteiger partial charge in [0.1, 0.15) is 5.01 Å². The van der Waals surface area contributed by atoms with Crippen molar-refractivity contribution in [1.29, 1.82) is 0 Å². The molecule has 0 aliphatic carbocycles. The first-order valence-corrected chi connectivity index (χ1v) is 9.84. The molecule has 0 fully saturated rings. The van der Waals surface area contributed by atoms with Gasteiger partial charge in [0.2, 0.25) is 4.96 Å². The molecule has 8 heteroatoms. The summed E-state index contributed by atoms with van der Waals surface area (Å²) in [6.45, 7) is 0. The normalized spacial score (nSPS) is 11.2. The van der Waals surface area contributed by atoms with E-state index in [1.165, 1.54) is 11.3 Å². The number of para-hydroxylation sites is 1. The number of fused-ring (bicyclic) bond motifs is 2. The molecule has 0 bridgehead atoms. The third-order valence-electron chi connectivity index (χ3n) is 4.75. The minimum atomic E-state index is 0.585. The molecule has 0 unspecified atom stereocenters. The van der Waals surface area contributed by atoms with Gasteiger partial charge in [-0.3, -0.25) is 4.98 Å². The Morgan fingerprint density at radius 3 is 2.69 bits per heavy atom. The predicted octanol–water partition coefficient (Wildman–Crippen LogP) is 4.01. The van der Waals surface area contributed by atoms with Gasteiger partial charge in [0, 0.05) is 23.6 Å². The number of ether oxygens (including phenoxy) is 2. The molecule has 0 saturated carbocycles. The van der Waals surface area contributed by atoms with Crippen molar-refractivity contribution in [2.24, 2.45) is 0 Å². The number of hydrogen-bond donors (Lipinski definition) is 0. The van der Waals surface area contributed by atoms with Crippen LogP contribution >= 0.6 is 11.3 Å². The van der Waals surface area contributed by atoms with Gasteiger partial charge in [-0.2, -0.15) is 9.61 Å². The van der Waals surface area contributed by atoms with Crippen LogP contribution in [0.15, 0.2) is 54.7 Å². The highest BCUT2D eigenvalue weighted by Gasteiger charge is 2.16. The fourth-order valence-corrected chi connectivity index (χ4v) is 4.23. The summed E-state index contributed by atoms with van der Waals surface area (Å²) in [5.41, 5.74) is 3.03. The maximum absolute atomic E-state index is 5.40. The van der Waals surface area contributed by atoms with Crippen LogP contribution in [0.1, 0.15) is 11.4 Å². The molecule has 0 spiro atoms. The Kier molecular flexibility index (Phi) is 4.33. The number of methoxy groups -OCH3 is 2. The Hall–Kier alpha value is -3.52. The van der Waals surface area contributed by atoms with Crippen molar-refractivity contribution in [3.05, 3.63) is 66.1 Å². The highest BCUT2D eigenvalue weighted by molar-refractivity contribution is 7.19. The minimum absolute atomic E-state index is 0.585. The van der Waals surface area contributed by atoms with Crippen LogP contribution in [-0.2, 0) is 6.42 Å². The van der Waals surface area contributed by atoms with Gasteiger partial charge in [-0.1, -0.05) is 35.6 Å². The molecule has 0 N–H and O–H groups in total. The van der Waals surface area contributed by atoms with E-state index < -0.39 is 0 Å². The van der Waals surface area contributed by atoms with Crippen LogP contribution in [-0.4, -0.2) is 39.0 Å².